The number of ether oxygens (including phenoxy) is 5. The number of aromatic hydroxyl groups is 2. The van der Waals surface area contributed by atoms with Gasteiger partial charge in [0, 0.05) is 80.3 Å². The van der Waals surface area contributed by atoms with Crippen LogP contribution in [0, 0.1) is 30.6 Å². The zero-order chi connectivity index (χ0) is 45.1. The summed E-state index contributed by atoms with van der Waals surface area (Å²) >= 11 is 0. The van der Waals surface area contributed by atoms with Crippen LogP contribution in [0.3, 0.4) is 0 Å². The summed E-state index contributed by atoms with van der Waals surface area (Å²) in [6.45, 7) is 12.2. The minimum absolute atomic E-state index is 0.0395. The Balaban J connectivity index is 1.65. The van der Waals surface area contributed by atoms with Crippen molar-refractivity contribution in [3.8, 4) is 23.0 Å². The van der Waals surface area contributed by atoms with E-state index in [4.69, 9.17) is 23.7 Å². The molecule has 5 bridgehead atoms. The lowest BCUT2D eigenvalue weighted by Gasteiger charge is -2.38. The maximum absolute atomic E-state index is 14.6. The van der Waals surface area contributed by atoms with Crippen molar-refractivity contribution >= 4 is 40.0 Å². The summed E-state index contributed by atoms with van der Waals surface area (Å²) in [5.74, 6) is -7.90. The number of aliphatic hydroxyl groups is 2. The Bertz CT molecular complexity index is 2090. The summed E-state index contributed by atoms with van der Waals surface area (Å²) < 4.78 is 29.9. The molecule has 15 heteroatoms. The highest BCUT2D eigenvalue weighted by molar-refractivity contribution is 6.21. The first-order chi connectivity index (χ1) is 28.7. The van der Waals surface area contributed by atoms with Crippen LogP contribution in [0.2, 0.25) is 0 Å². The Hall–Kier alpha value is -5.12. The Morgan fingerprint density at radius 2 is 1.62 bits per heavy atom. The van der Waals surface area contributed by atoms with Gasteiger partial charge in [-0.25, -0.2) is 0 Å². The maximum Gasteiger partial charge on any atom is 0.312 e. The molecule has 61 heavy (non-hydrogen) atoms. The first-order valence-electron chi connectivity index (χ1n) is 21.0. The number of phenolic OH excluding ortho intramolecular Hbond substituents is 2. The number of nitrogens with one attached hydrogen (secondary N) is 1. The Labute approximate surface area is 357 Å². The van der Waals surface area contributed by atoms with Crippen molar-refractivity contribution in [1.29, 1.82) is 0 Å². The second-order valence-corrected chi connectivity index (χ2v) is 17.0. The van der Waals surface area contributed by atoms with Gasteiger partial charge in [-0.05, 0) is 32.8 Å². The largest absolute Gasteiger partial charge is 0.507 e. The molecule has 2 aromatic rings. The van der Waals surface area contributed by atoms with Gasteiger partial charge < -0.3 is 54.3 Å². The number of hydrogen-bond donors (Lipinski definition) is 5. The number of benzene rings is 2. The highest BCUT2D eigenvalue weighted by Crippen LogP contribution is 2.54. The third-order valence-corrected chi connectivity index (χ3v) is 12.7. The van der Waals surface area contributed by atoms with Crippen LogP contribution in [0.4, 0.5) is 5.69 Å². The number of amides is 2. The number of Topliss-reactive ketones (excluding diaryl/α,β-unsaturated/α-hetero) is 1. The van der Waals surface area contributed by atoms with Crippen molar-refractivity contribution in [2.45, 2.75) is 124 Å². The van der Waals surface area contributed by atoms with Gasteiger partial charge in [0.25, 0.3) is 17.6 Å². The second-order valence-electron chi connectivity index (χ2n) is 17.0. The van der Waals surface area contributed by atoms with Gasteiger partial charge in [-0.15, -0.1) is 0 Å². The van der Waals surface area contributed by atoms with Gasteiger partial charge in [0.15, 0.2) is 12.4 Å². The summed E-state index contributed by atoms with van der Waals surface area (Å²) in [6.07, 6.45) is 8.48. The van der Waals surface area contributed by atoms with E-state index in [1.807, 2.05) is 0 Å². The summed E-state index contributed by atoms with van der Waals surface area (Å²) in [6, 6.07) is 1.33. The Morgan fingerprint density at radius 1 is 0.951 bits per heavy atom. The first kappa shape index (κ1) is 46.9. The number of ketones is 1. The minimum atomic E-state index is -2.02. The number of carbonyl (C=O) groups excluding carboxylic acids is 4. The number of fused-ring (bicyclic) bond motifs is 14. The molecule has 1 aliphatic carbocycles. The number of esters is 1. The number of rotatable bonds is 6. The monoisotopic (exact) mass is 850 g/mol. The lowest BCUT2D eigenvalue weighted by Crippen LogP contribution is -2.46. The van der Waals surface area contributed by atoms with Crippen molar-refractivity contribution in [1.82, 2.24) is 4.90 Å². The third kappa shape index (κ3) is 9.68. The minimum Gasteiger partial charge on any atom is -0.507 e. The van der Waals surface area contributed by atoms with E-state index in [0.717, 1.165) is 32.1 Å². The molecule has 4 aliphatic rings. The van der Waals surface area contributed by atoms with Gasteiger partial charge in [-0.2, -0.15) is 0 Å². The molecule has 1 saturated carbocycles. The number of carbonyl (C=O) groups is 4. The first-order valence-corrected chi connectivity index (χ1v) is 21.0. The molecule has 9 unspecified atom stereocenters. The van der Waals surface area contributed by atoms with Crippen LogP contribution >= 0.6 is 0 Å². The van der Waals surface area contributed by atoms with E-state index in [-0.39, 0.29) is 56.6 Å². The summed E-state index contributed by atoms with van der Waals surface area (Å²) in [5.41, 5.74) is 0.0303. The van der Waals surface area contributed by atoms with Crippen molar-refractivity contribution in [2.24, 2.45) is 23.7 Å². The van der Waals surface area contributed by atoms with Crippen molar-refractivity contribution in [2.75, 3.05) is 26.1 Å². The van der Waals surface area contributed by atoms with Gasteiger partial charge in [-0.1, -0.05) is 65.2 Å². The van der Waals surface area contributed by atoms with Gasteiger partial charge in [0.05, 0.1) is 41.2 Å². The van der Waals surface area contributed by atoms with Crippen LogP contribution in [0.1, 0.15) is 96.5 Å². The normalized spacial score (nSPS) is 31.0. The molecule has 5 N–H and O–H groups in total. The van der Waals surface area contributed by atoms with Crippen LogP contribution in [0.5, 0.6) is 23.0 Å². The Morgan fingerprint density at radius 3 is 2.26 bits per heavy atom. The van der Waals surface area contributed by atoms with E-state index in [1.54, 1.807) is 51.8 Å². The number of aliphatic hydroxyl groups excluding tert-OH is 2. The average molecular weight is 851 g/mol. The van der Waals surface area contributed by atoms with Crippen LogP contribution in [-0.4, -0.2) is 106 Å². The van der Waals surface area contributed by atoms with E-state index < -0.39 is 89.6 Å². The third-order valence-electron chi connectivity index (χ3n) is 12.7. The molecule has 0 saturated heterocycles. The molecule has 1 fully saturated rings. The molecule has 3 heterocycles. The molecule has 334 valence electrons. The summed E-state index contributed by atoms with van der Waals surface area (Å²) in [4.78, 5) is 55.7. The molecule has 0 spiro atoms. The lowest BCUT2D eigenvalue weighted by molar-refractivity contribution is -0.160. The number of likely N-dealkylation sites (N-methyl/N-ethyl adjacent to an activating group) is 1. The fourth-order valence-corrected chi connectivity index (χ4v) is 8.66. The molecule has 3 aliphatic heterocycles. The molecule has 6 rings (SSSR count). The standard InChI is InChI=1S/C46H62N2O13/c1-23-15-14-16-24(2)45(56)47-31-21-33(58-22-34(50)48(9)30-17-12-11-13-18-30)35-36(41(31)54)40(53)28(6)43-37(35)44(55)46(8,61-43)59-20-19-32(57-10)25(3)42(60-29(7)49)27(5)39(52)26(4)38(23)51/h14-16,19-21,23,25-27,30,32,38-39,42,51-54H,11-13,17-18,22H2,1-10H3,(H,47,56)/b15-14+,20-19+,24-16+. The quantitative estimate of drug-likeness (QED) is 0.162. The Kier molecular flexibility index (Phi) is 14.8. The highest BCUT2D eigenvalue weighted by Gasteiger charge is 2.50. The highest BCUT2D eigenvalue weighted by atomic mass is 16.7. The van der Waals surface area contributed by atoms with Gasteiger partial charge in [-0.3, -0.25) is 19.2 Å². The van der Waals surface area contributed by atoms with E-state index in [9.17, 15) is 39.6 Å². The van der Waals surface area contributed by atoms with E-state index >= 15 is 0 Å². The SMILES string of the molecule is COC1/C=C/OC2(C)Oc3c(C)c(O)c4c(O)c(cc(OCC(=O)N(C)C5CCCCC5)c4c3C2=O)NC(=O)/C(C)=C/C=C/C(C)C(O)C(C)C(O)C(C)C(OC(C)=O)C1C. The van der Waals surface area contributed by atoms with Gasteiger partial charge >= 0.3 is 11.8 Å². The van der Waals surface area contributed by atoms with Crippen molar-refractivity contribution in [3.05, 3.63) is 53.3 Å². The molecule has 9 atom stereocenters. The number of nitrogens with zero attached hydrogens (tertiary/aromatic N) is 1. The van der Waals surface area contributed by atoms with Crippen molar-refractivity contribution < 1.29 is 63.3 Å². The maximum atomic E-state index is 14.6. The number of phenols is 2. The van der Waals surface area contributed by atoms with Crippen LogP contribution in [-0.2, 0) is 28.6 Å². The molecule has 0 aromatic heterocycles. The molecular formula is C46H62N2O13. The summed E-state index contributed by atoms with van der Waals surface area (Å²) in [5, 5.41) is 48.7. The predicted octanol–water partition coefficient (Wildman–Crippen LogP) is 6.22. The number of allylic oxidation sites excluding steroid dienone is 2. The van der Waals surface area contributed by atoms with Crippen LogP contribution in [0.25, 0.3) is 10.8 Å². The van der Waals surface area contributed by atoms with E-state index in [2.05, 4.69) is 5.32 Å². The topological polar surface area (TPSA) is 211 Å². The van der Waals surface area contributed by atoms with Crippen LogP contribution < -0.4 is 14.8 Å². The second kappa shape index (κ2) is 19.3. The fourth-order valence-electron chi connectivity index (χ4n) is 8.66. The molecule has 2 amide bonds. The molecule has 2 aromatic carbocycles. The number of methoxy groups -OCH3 is 1. The molecule has 15 nitrogen and oxygen atoms in total. The van der Waals surface area contributed by atoms with Crippen molar-refractivity contribution in [3.63, 3.8) is 0 Å². The molecular weight excluding hydrogens is 789 g/mol. The number of hydrogen-bond acceptors (Lipinski definition) is 13. The predicted molar refractivity (Wildman–Crippen MR) is 227 cm³/mol. The van der Waals surface area contributed by atoms with Gasteiger partial charge in [0.2, 0.25) is 0 Å². The molecule has 0 radical (unpaired) electrons. The fraction of sp³-hybridized carbons (Fsp3) is 0.565. The van der Waals surface area contributed by atoms with E-state index in [1.165, 1.54) is 59.3 Å². The van der Waals surface area contributed by atoms with E-state index in [0.29, 0.717) is 0 Å². The zero-order valence-electron chi connectivity index (χ0n) is 36.8. The zero-order valence-corrected chi connectivity index (χ0v) is 36.8. The van der Waals surface area contributed by atoms with Gasteiger partial charge in [0.1, 0.15) is 23.4 Å². The van der Waals surface area contributed by atoms with Crippen LogP contribution in [0.15, 0.2) is 42.2 Å². The summed E-state index contributed by atoms with van der Waals surface area (Å²) in [7, 11) is 3.16. The number of anilines is 1. The smallest absolute Gasteiger partial charge is 0.312 e. The average Bonchev–Trinajstić information content (AvgIpc) is 3.50. The lowest BCUT2D eigenvalue weighted by atomic mass is 9.78.